The summed E-state index contributed by atoms with van der Waals surface area (Å²) in [7, 11) is 3.15. The van der Waals surface area contributed by atoms with Crippen LogP contribution in [0.15, 0.2) is 66.2 Å². The van der Waals surface area contributed by atoms with Crippen LogP contribution in [-0.4, -0.2) is 49.1 Å². The molecule has 1 unspecified atom stereocenters. The van der Waals surface area contributed by atoms with Gasteiger partial charge in [0.05, 0.1) is 25.3 Å². The molecule has 1 aliphatic rings. The first-order valence-electron chi connectivity index (χ1n) is 13.4. The lowest BCUT2D eigenvalue weighted by atomic mass is 9.91. The molecule has 1 fully saturated rings. The van der Waals surface area contributed by atoms with Crippen molar-refractivity contribution in [2.24, 2.45) is 0 Å². The molecule has 0 bridgehead atoms. The summed E-state index contributed by atoms with van der Waals surface area (Å²) in [5.74, 6) is -0.200. The van der Waals surface area contributed by atoms with Gasteiger partial charge in [-0.2, -0.15) is 0 Å². The number of amides is 1. The fourth-order valence-corrected chi connectivity index (χ4v) is 5.00. The number of benzene rings is 3. The molecule has 1 atom stereocenters. The first-order chi connectivity index (χ1) is 19.2. The Kier molecular flexibility index (Phi) is 8.95. The molecule has 0 aliphatic carbocycles. The lowest BCUT2D eigenvalue weighted by molar-refractivity contribution is -0.140. The Morgan fingerprint density at radius 2 is 1.73 bits per heavy atom. The van der Waals surface area contributed by atoms with Gasteiger partial charge < -0.3 is 24.2 Å². The molecule has 0 radical (unpaired) electrons. The molecular formula is C33H37NO6. The summed E-state index contributed by atoms with van der Waals surface area (Å²) < 4.78 is 16.9. The lowest BCUT2D eigenvalue weighted by Gasteiger charge is -2.25. The van der Waals surface area contributed by atoms with Gasteiger partial charge in [-0.3, -0.25) is 9.59 Å². The van der Waals surface area contributed by atoms with Crippen LogP contribution in [0.3, 0.4) is 0 Å². The largest absolute Gasteiger partial charge is 0.507 e. The molecule has 1 aliphatic heterocycles. The summed E-state index contributed by atoms with van der Waals surface area (Å²) in [6.07, 6.45) is 0. The molecule has 3 aromatic rings. The zero-order chi connectivity index (χ0) is 29.0. The van der Waals surface area contributed by atoms with Gasteiger partial charge in [0, 0.05) is 19.2 Å². The number of nitrogens with zero attached hydrogens (tertiary/aromatic N) is 1. The first kappa shape index (κ1) is 28.9. The summed E-state index contributed by atoms with van der Waals surface area (Å²) in [6.45, 7) is 8.74. The Labute approximate surface area is 236 Å². The van der Waals surface area contributed by atoms with Crippen LogP contribution in [0.2, 0.25) is 0 Å². The quantitative estimate of drug-likeness (QED) is 0.189. The number of methoxy groups -OCH3 is 2. The highest BCUT2D eigenvalue weighted by Gasteiger charge is 2.46. The van der Waals surface area contributed by atoms with Crippen molar-refractivity contribution in [3.63, 3.8) is 0 Å². The molecule has 0 spiro atoms. The minimum absolute atomic E-state index is 0.0414. The maximum atomic E-state index is 13.4. The number of aryl methyl sites for hydroxylation is 2. The minimum atomic E-state index is -0.804. The summed E-state index contributed by atoms with van der Waals surface area (Å²) in [4.78, 5) is 28.2. The number of carbonyl (C=O) groups is 2. The zero-order valence-electron chi connectivity index (χ0n) is 24.0. The molecule has 7 heteroatoms. The monoisotopic (exact) mass is 543 g/mol. The van der Waals surface area contributed by atoms with E-state index in [1.807, 2.05) is 88.4 Å². The highest BCUT2D eigenvalue weighted by molar-refractivity contribution is 6.46. The van der Waals surface area contributed by atoms with Gasteiger partial charge in [0.2, 0.25) is 0 Å². The molecule has 4 rings (SSSR count). The Morgan fingerprint density at radius 3 is 2.38 bits per heavy atom. The number of ketones is 1. The first-order valence-corrected chi connectivity index (χ1v) is 13.4. The number of aliphatic hydroxyl groups excluding tert-OH is 1. The highest BCUT2D eigenvalue weighted by Crippen LogP contribution is 2.42. The average Bonchev–Trinajstić information content (AvgIpc) is 3.20. The van der Waals surface area contributed by atoms with Gasteiger partial charge in [-0.15, -0.1) is 0 Å². The molecule has 0 aromatic heterocycles. The normalized spacial score (nSPS) is 16.6. The number of likely N-dealkylation sites (tertiary alicyclic amines) is 1. The van der Waals surface area contributed by atoms with Crippen LogP contribution in [0, 0.1) is 13.8 Å². The Hall–Kier alpha value is -4.10. The predicted molar refractivity (Wildman–Crippen MR) is 155 cm³/mol. The van der Waals surface area contributed by atoms with Gasteiger partial charge in [0.1, 0.15) is 23.9 Å². The number of Topliss-reactive ketones (excluding diaryl/α,β-unsaturated/α-hetero) is 1. The van der Waals surface area contributed by atoms with Crippen molar-refractivity contribution >= 4 is 17.4 Å². The number of carbonyl (C=O) groups excluding carboxylic acids is 2. The van der Waals surface area contributed by atoms with Crippen molar-refractivity contribution in [3.8, 4) is 11.5 Å². The molecular weight excluding hydrogens is 506 g/mol. The maximum Gasteiger partial charge on any atom is 0.295 e. The SMILES string of the molecule is COCCN1C(=O)C(=O)/C(=C(/O)c2cc(C(C)C)c(OC)cc2C)C1c1cccc(OCc2ccc(C)cc2)c1. The molecule has 1 saturated heterocycles. The van der Waals surface area contributed by atoms with Gasteiger partial charge in [-0.05, 0) is 66.3 Å². The third-order valence-corrected chi connectivity index (χ3v) is 7.23. The summed E-state index contributed by atoms with van der Waals surface area (Å²) in [5, 5.41) is 11.7. The van der Waals surface area contributed by atoms with Crippen LogP contribution >= 0.6 is 0 Å². The average molecular weight is 544 g/mol. The Morgan fingerprint density at radius 1 is 1.00 bits per heavy atom. The van der Waals surface area contributed by atoms with E-state index in [1.165, 1.54) is 10.5 Å². The summed E-state index contributed by atoms with van der Waals surface area (Å²) in [6, 6.07) is 18.3. The van der Waals surface area contributed by atoms with Crippen LogP contribution in [0.4, 0.5) is 0 Å². The molecule has 0 saturated carbocycles. The molecule has 40 heavy (non-hydrogen) atoms. The number of aliphatic hydroxyl groups is 1. The van der Waals surface area contributed by atoms with Crippen LogP contribution in [-0.2, 0) is 20.9 Å². The smallest absolute Gasteiger partial charge is 0.295 e. The standard InChI is InChI=1S/C33H37NO6/c1-20(2)26-18-27(22(4)16-28(26)39-6)31(35)29-30(34(14-15-38-5)33(37)32(29)36)24-8-7-9-25(17-24)40-19-23-12-10-21(3)11-13-23/h7-13,16-18,20,30,35H,14-15,19H2,1-6H3/b31-29+. The third kappa shape index (κ3) is 5.89. The second-order valence-corrected chi connectivity index (χ2v) is 10.4. The van der Waals surface area contributed by atoms with Crippen LogP contribution in [0.1, 0.15) is 59.2 Å². The van der Waals surface area contributed by atoms with E-state index >= 15 is 0 Å². The van der Waals surface area contributed by atoms with Crippen molar-refractivity contribution in [2.45, 2.75) is 46.3 Å². The van der Waals surface area contributed by atoms with Gasteiger partial charge in [0.25, 0.3) is 11.7 Å². The lowest BCUT2D eigenvalue weighted by Crippen LogP contribution is -2.32. The van der Waals surface area contributed by atoms with E-state index < -0.39 is 17.7 Å². The molecule has 1 heterocycles. The number of ether oxygens (including phenoxy) is 3. The van der Waals surface area contributed by atoms with E-state index in [0.29, 0.717) is 29.2 Å². The van der Waals surface area contributed by atoms with E-state index in [2.05, 4.69) is 0 Å². The second-order valence-electron chi connectivity index (χ2n) is 10.4. The van der Waals surface area contributed by atoms with Crippen molar-refractivity contribution in [1.82, 2.24) is 4.90 Å². The summed E-state index contributed by atoms with van der Waals surface area (Å²) in [5.41, 5.74) is 5.02. The summed E-state index contributed by atoms with van der Waals surface area (Å²) >= 11 is 0. The van der Waals surface area contributed by atoms with E-state index in [0.717, 1.165) is 16.7 Å². The zero-order valence-corrected chi connectivity index (χ0v) is 24.0. The fourth-order valence-electron chi connectivity index (χ4n) is 5.00. The fraction of sp³-hybridized carbons (Fsp3) is 0.333. The Bertz CT molecular complexity index is 1420. The van der Waals surface area contributed by atoms with Crippen molar-refractivity contribution in [1.29, 1.82) is 0 Å². The van der Waals surface area contributed by atoms with Gasteiger partial charge in [0.15, 0.2) is 0 Å². The minimum Gasteiger partial charge on any atom is -0.507 e. The molecule has 1 N–H and O–H groups in total. The number of rotatable bonds is 10. The number of hydrogen-bond acceptors (Lipinski definition) is 6. The van der Waals surface area contributed by atoms with Crippen LogP contribution in [0.5, 0.6) is 11.5 Å². The molecule has 7 nitrogen and oxygen atoms in total. The maximum absolute atomic E-state index is 13.4. The molecule has 3 aromatic carbocycles. The van der Waals surface area contributed by atoms with Crippen molar-refractivity contribution in [3.05, 3.63) is 99.6 Å². The number of hydrogen-bond donors (Lipinski definition) is 1. The third-order valence-electron chi connectivity index (χ3n) is 7.23. The highest BCUT2D eigenvalue weighted by atomic mass is 16.5. The van der Waals surface area contributed by atoms with Crippen LogP contribution in [0.25, 0.3) is 5.76 Å². The van der Waals surface area contributed by atoms with Gasteiger partial charge in [-0.1, -0.05) is 55.8 Å². The van der Waals surface area contributed by atoms with Gasteiger partial charge in [-0.25, -0.2) is 0 Å². The van der Waals surface area contributed by atoms with E-state index in [-0.39, 0.29) is 30.4 Å². The molecule has 1 amide bonds. The van der Waals surface area contributed by atoms with E-state index in [9.17, 15) is 14.7 Å². The van der Waals surface area contributed by atoms with Gasteiger partial charge >= 0.3 is 0 Å². The predicted octanol–water partition coefficient (Wildman–Crippen LogP) is 6.08. The Balaban J connectivity index is 1.79. The van der Waals surface area contributed by atoms with E-state index in [1.54, 1.807) is 14.2 Å². The van der Waals surface area contributed by atoms with E-state index in [4.69, 9.17) is 14.2 Å². The van der Waals surface area contributed by atoms with Crippen LogP contribution < -0.4 is 9.47 Å². The molecule has 210 valence electrons. The van der Waals surface area contributed by atoms with Crippen molar-refractivity contribution in [2.75, 3.05) is 27.4 Å². The van der Waals surface area contributed by atoms with Crippen molar-refractivity contribution < 1.29 is 28.9 Å². The topological polar surface area (TPSA) is 85.3 Å². The second kappa shape index (κ2) is 12.4.